The molecule has 5 heteroatoms. The zero-order chi connectivity index (χ0) is 23.0. The Morgan fingerprint density at radius 1 is 0.667 bits per heavy atom. The lowest BCUT2D eigenvalue weighted by Crippen LogP contribution is -2.04. The van der Waals surface area contributed by atoms with Gasteiger partial charge in [0.1, 0.15) is 0 Å². The van der Waals surface area contributed by atoms with Crippen LogP contribution in [0.4, 0.5) is 18.9 Å². The summed E-state index contributed by atoms with van der Waals surface area (Å²) in [5, 5.41) is 9.13. The van der Waals surface area contributed by atoms with Crippen LogP contribution < -0.4 is 0 Å². The van der Waals surface area contributed by atoms with Gasteiger partial charge in [0.2, 0.25) is 0 Å². The number of fused-ring (bicyclic) bond motifs is 3. The van der Waals surface area contributed by atoms with Gasteiger partial charge in [-0.15, -0.1) is 0 Å². The van der Waals surface area contributed by atoms with Gasteiger partial charge in [-0.1, -0.05) is 60.7 Å². The number of alkyl halides is 3. The predicted molar refractivity (Wildman–Crippen MR) is 125 cm³/mol. The van der Waals surface area contributed by atoms with Crippen molar-refractivity contribution >= 4 is 11.4 Å². The van der Waals surface area contributed by atoms with E-state index < -0.39 is 11.7 Å². The van der Waals surface area contributed by atoms with Crippen LogP contribution in [-0.2, 0) is 12.6 Å². The first-order chi connectivity index (χ1) is 15.9. The van der Waals surface area contributed by atoms with E-state index in [1.165, 1.54) is 12.1 Å². The summed E-state index contributed by atoms with van der Waals surface area (Å²) in [6, 6.07) is 27.0. The molecule has 0 amide bonds. The number of hydrogen-bond donors (Lipinski definition) is 1. The summed E-state index contributed by atoms with van der Waals surface area (Å²) in [5.41, 5.74) is 7.68. The van der Waals surface area contributed by atoms with Crippen molar-refractivity contribution in [1.82, 2.24) is 0 Å². The Hall–Kier alpha value is -3.70. The van der Waals surface area contributed by atoms with Gasteiger partial charge in [-0.2, -0.15) is 13.2 Å². The van der Waals surface area contributed by atoms with E-state index in [-0.39, 0.29) is 6.61 Å². The number of halogens is 3. The van der Waals surface area contributed by atoms with Crippen molar-refractivity contribution in [3.63, 3.8) is 0 Å². The van der Waals surface area contributed by atoms with Crippen LogP contribution in [-0.4, -0.2) is 17.4 Å². The van der Waals surface area contributed by atoms with Gasteiger partial charge >= 0.3 is 6.18 Å². The molecule has 1 aliphatic rings. The molecule has 33 heavy (non-hydrogen) atoms. The molecule has 0 aromatic heterocycles. The van der Waals surface area contributed by atoms with Gasteiger partial charge in [-0.05, 0) is 64.6 Å². The van der Waals surface area contributed by atoms with Crippen LogP contribution in [0.1, 0.15) is 22.3 Å². The van der Waals surface area contributed by atoms with Gasteiger partial charge in [0.25, 0.3) is 0 Å². The molecule has 0 spiro atoms. The lowest BCUT2D eigenvalue weighted by molar-refractivity contribution is -0.137. The molecule has 0 heterocycles. The van der Waals surface area contributed by atoms with E-state index in [4.69, 9.17) is 10.1 Å². The molecule has 0 radical (unpaired) electrons. The van der Waals surface area contributed by atoms with E-state index in [0.717, 1.165) is 62.5 Å². The standard InChI is InChI=1S/C28H20F3NO/c29-28(30,31)21-10-7-19(8-11-21)20-9-14-24-23-3-1-2-4-25(23)27(26(24)17-20)32-22-12-5-18(6-13-22)15-16-33/h1-14,17,33H,15-16H2. The van der Waals surface area contributed by atoms with Crippen LogP contribution in [0, 0.1) is 0 Å². The smallest absolute Gasteiger partial charge is 0.396 e. The van der Waals surface area contributed by atoms with Gasteiger partial charge in [0, 0.05) is 17.7 Å². The van der Waals surface area contributed by atoms with E-state index in [0.29, 0.717) is 6.42 Å². The van der Waals surface area contributed by atoms with Crippen molar-refractivity contribution in [1.29, 1.82) is 0 Å². The maximum atomic E-state index is 13.0. The van der Waals surface area contributed by atoms with E-state index in [1.54, 1.807) is 0 Å². The minimum absolute atomic E-state index is 0.0986. The highest BCUT2D eigenvalue weighted by atomic mass is 19.4. The van der Waals surface area contributed by atoms with E-state index in [2.05, 4.69) is 6.07 Å². The van der Waals surface area contributed by atoms with Crippen LogP contribution in [0.3, 0.4) is 0 Å². The lowest BCUT2D eigenvalue weighted by atomic mass is 9.98. The molecule has 0 bridgehead atoms. The fraction of sp³-hybridized carbons (Fsp3) is 0.107. The molecule has 2 nitrogen and oxygen atoms in total. The summed E-state index contributed by atoms with van der Waals surface area (Å²) >= 11 is 0. The number of hydrogen-bond acceptors (Lipinski definition) is 2. The fourth-order valence-electron chi connectivity index (χ4n) is 4.19. The largest absolute Gasteiger partial charge is 0.416 e. The van der Waals surface area contributed by atoms with Gasteiger partial charge < -0.3 is 5.11 Å². The third-order valence-corrected chi connectivity index (χ3v) is 5.87. The zero-order valence-electron chi connectivity index (χ0n) is 17.6. The molecule has 0 saturated heterocycles. The van der Waals surface area contributed by atoms with Crippen molar-refractivity contribution < 1.29 is 18.3 Å². The highest BCUT2D eigenvalue weighted by Gasteiger charge is 2.30. The highest BCUT2D eigenvalue weighted by Crippen LogP contribution is 2.40. The molecular formula is C28H20F3NO. The Balaban J connectivity index is 1.58. The summed E-state index contributed by atoms with van der Waals surface area (Å²) in [6.07, 6.45) is -3.76. The molecule has 5 rings (SSSR count). The van der Waals surface area contributed by atoms with E-state index >= 15 is 0 Å². The van der Waals surface area contributed by atoms with Crippen LogP contribution >= 0.6 is 0 Å². The molecule has 4 aromatic rings. The fourth-order valence-corrected chi connectivity index (χ4v) is 4.19. The monoisotopic (exact) mass is 443 g/mol. The van der Waals surface area contributed by atoms with Crippen molar-refractivity contribution in [2.24, 2.45) is 4.99 Å². The van der Waals surface area contributed by atoms with Crippen LogP contribution in [0.5, 0.6) is 0 Å². The summed E-state index contributed by atoms with van der Waals surface area (Å²) in [7, 11) is 0. The minimum Gasteiger partial charge on any atom is -0.396 e. The first kappa shape index (κ1) is 21.2. The van der Waals surface area contributed by atoms with Crippen molar-refractivity contribution in [3.05, 3.63) is 113 Å². The number of benzene rings is 4. The third kappa shape index (κ3) is 4.08. The van der Waals surface area contributed by atoms with Crippen molar-refractivity contribution in [2.75, 3.05) is 6.61 Å². The molecular weight excluding hydrogens is 423 g/mol. The average Bonchev–Trinajstić information content (AvgIpc) is 3.13. The van der Waals surface area contributed by atoms with Gasteiger partial charge in [-0.25, -0.2) is 4.99 Å². The number of aliphatic imine (C=N–C) groups is 1. The second kappa shape index (κ2) is 8.34. The number of aliphatic hydroxyl groups excluding tert-OH is 1. The normalized spacial score (nSPS) is 13.8. The van der Waals surface area contributed by atoms with Crippen molar-refractivity contribution in [2.45, 2.75) is 12.6 Å². The van der Waals surface area contributed by atoms with E-state index in [9.17, 15) is 13.2 Å². The zero-order valence-corrected chi connectivity index (χ0v) is 17.6. The summed E-state index contributed by atoms with van der Waals surface area (Å²) in [4.78, 5) is 4.93. The summed E-state index contributed by atoms with van der Waals surface area (Å²) < 4.78 is 38.9. The maximum Gasteiger partial charge on any atom is 0.416 e. The molecule has 164 valence electrons. The average molecular weight is 443 g/mol. The lowest BCUT2D eigenvalue weighted by Gasteiger charge is -2.09. The molecule has 0 atom stereocenters. The highest BCUT2D eigenvalue weighted by molar-refractivity contribution is 6.25. The van der Waals surface area contributed by atoms with Crippen molar-refractivity contribution in [3.8, 4) is 22.3 Å². The predicted octanol–water partition coefficient (Wildman–Crippen LogP) is 7.06. The number of nitrogens with zero attached hydrogens (tertiary/aromatic N) is 1. The number of rotatable bonds is 4. The van der Waals surface area contributed by atoms with Gasteiger partial charge in [-0.3, -0.25) is 0 Å². The summed E-state index contributed by atoms with van der Waals surface area (Å²) in [5.74, 6) is 0. The second-order valence-electron chi connectivity index (χ2n) is 7.98. The molecule has 0 fully saturated rings. The van der Waals surface area contributed by atoms with Crippen LogP contribution in [0.15, 0.2) is 96.0 Å². The molecule has 0 unspecified atom stereocenters. The Morgan fingerprint density at radius 2 is 1.30 bits per heavy atom. The Bertz CT molecular complexity index is 1340. The Kier molecular flexibility index (Phi) is 5.35. The Labute approximate surface area is 189 Å². The molecule has 1 N–H and O–H groups in total. The molecule has 0 saturated carbocycles. The SMILES string of the molecule is OCCc1ccc(N=C2c3ccccc3-c3ccc(-c4ccc(C(F)(F)F)cc4)cc32)cc1. The maximum absolute atomic E-state index is 13.0. The first-order valence-corrected chi connectivity index (χ1v) is 10.6. The topological polar surface area (TPSA) is 32.6 Å². The van der Waals surface area contributed by atoms with Crippen LogP contribution in [0.2, 0.25) is 0 Å². The first-order valence-electron chi connectivity index (χ1n) is 10.6. The molecule has 0 aliphatic heterocycles. The Morgan fingerprint density at radius 3 is 1.97 bits per heavy atom. The number of aliphatic hydroxyl groups is 1. The second-order valence-corrected chi connectivity index (χ2v) is 7.98. The van der Waals surface area contributed by atoms with Crippen LogP contribution in [0.25, 0.3) is 22.3 Å². The summed E-state index contributed by atoms with van der Waals surface area (Å²) in [6.45, 7) is 0.0986. The third-order valence-electron chi connectivity index (χ3n) is 5.87. The van der Waals surface area contributed by atoms with E-state index in [1.807, 2.05) is 60.7 Å². The quantitative estimate of drug-likeness (QED) is 0.317. The van der Waals surface area contributed by atoms with Gasteiger partial charge in [0.05, 0.1) is 17.0 Å². The van der Waals surface area contributed by atoms with Gasteiger partial charge in [0.15, 0.2) is 0 Å². The molecule has 1 aliphatic carbocycles. The minimum atomic E-state index is -4.36. The molecule has 4 aromatic carbocycles.